The van der Waals surface area contributed by atoms with Crippen molar-refractivity contribution in [2.45, 2.75) is 104 Å². The lowest BCUT2D eigenvalue weighted by molar-refractivity contribution is 0.174. The third-order valence-electron chi connectivity index (χ3n) is 4.77. The van der Waals surface area contributed by atoms with Crippen molar-refractivity contribution in [3.63, 3.8) is 0 Å². The van der Waals surface area contributed by atoms with E-state index in [4.69, 9.17) is 11.5 Å². The molecule has 0 aromatic carbocycles. The minimum absolute atomic E-state index is 0.114. The maximum atomic E-state index is 6.37. The van der Waals surface area contributed by atoms with E-state index in [1.165, 1.54) is 57.9 Å². The highest BCUT2D eigenvalue weighted by Gasteiger charge is 2.24. The summed E-state index contributed by atoms with van der Waals surface area (Å²) in [6.45, 7) is 10.7. The predicted molar refractivity (Wildman–Crippen MR) is 95.6 cm³/mol. The topological polar surface area (TPSA) is 55.3 Å². The summed E-state index contributed by atoms with van der Waals surface area (Å²) in [6.07, 6.45) is 11.9. The molecule has 0 aromatic rings. The first-order valence-corrected chi connectivity index (χ1v) is 9.42. The Bertz CT molecular complexity index is 219. The van der Waals surface area contributed by atoms with Crippen LogP contribution in [-0.4, -0.2) is 36.1 Å². The van der Waals surface area contributed by atoms with Gasteiger partial charge in [0.05, 0.1) is 0 Å². The van der Waals surface area contributed by atoms with Gasteiger partial charge in [0.15, 0.2) is 0 Å². The average Bonchev–Trinajstić information content (AvgIpc) is 2.52. The molecule has 0 amide bonds. The maximum Gasteiger partial charge on any atom is 0.0348 e. The van der Waals surface area contributed by atoms with Crippen LogP contribution >= 0.6 is 0 Å². The molecular weight excluding hydrogens is 258 g/mol. The molecule has 4 N–H and O–H groups in total. The van der Waals surface area contributed by atoms with Crippen LogP contribution in [0, 0.1) is 0 Å². The molecule has 0 spiro atoms. The van der Waals surface area contributed by atoms with Crippen LogP contribution in [0.3, 0.4) is 0 Å². The number of likely N-dealkylation sites (N-methyl/N-ethyl adjacent to an activating group) is 1. The molecule has 128 valence electrons. The van der Waals surface area contributed by atoms with Crippen molar-refractivity contribution >= 4 is 0 Å². The average molecular weight is 300 g/mol. The number of nitrogens with zero attached hydrogens (tertiary/aromatic N) is 1. The molecule has 1 aliphatic rings. The van der Waals surface area contributed by atoms with Crippen LogP contribution in [-0.2, 0) is 0 Å². The van der Waals surface area contributed by atoms with E-state index >= 15 is 0 Å². The fraction of sp³-hybridized carbons (Fsp3) is 1.00. The molecule has 1 rings (SSSR count). The molecule has 0 radical (unpaired) electrons. The van der Waals surface area contributed by atoms with Crippen LogP contribution in [0.1, 0.15) is 85.5 Å². The highest BCUT2D eigenvalue weighted by molar-refractivity contribution is 4.86. The van der Waals surface area contributed by atoms with Gasteiger partial charge in [-0.25, -0.2) is 0 Å². The number of rotatable bonds is 1. The van der Waals surface area contributed by atoms with E-state index in [-0.39, 0.29) is 12.1 Å². The smallest absolute Gasteiger partial charge is 0.0348 e. The van der Waals surface area contributed by atoms with Gasteiger partial charge in [0, 0.05) is 18.1 Å². The summed E-state index contributed by atoms with van der Waals surface area (Å²) >= 11 is 0. The molecule has 0 aliphatic carbocycles. The van der Waals surface area contributed by atoms with Crippen LogP contribution < -0.4 is 11.5 Å². The Kier molecular flexibility index (Phi) is 13.5. The lowest BCUT2D eigenvalue weighted by Crippen LogP contribution is -2.55. The monoisotopic (exact) mass is 299 g/mol. The zero-order valence-electron chi connectivity index (χ0n) is 15.1. The van der Waals surface area contributed by atoms with Crippen LogP contribution in [0.25, 0.3) is 0 Å². The van der Waals surface area contributed by atoms with E-state index in [0.717, 1.165) is 13.0 Å². The molecule has 3 nitrogen and oxygen atoms in total. The fourth-order valence-electron chi connectivity index (χ4n) is 3.20. The van der Waals surface area contributed by atoms with Crippen molar-refractivity contribution in [2.24, 2.45) is 11.5 Å². The normalized spacial score (nSPS) is 30.9. The molecule has 1 fully saturated rings. The van der Waals surface area contributed by atoms with E-state index in [9.17, 15) is 0 Å². The van der Waals surface area contributed by atoms with Gasteiger partial charge < -0.3 is 11.5 Å². The zero-order valence-corrected chi connectivity index (χ0v) is 15.1. The first-order valence-electron chi connectivity index (χ1n) is 9.42. The Morgan fingerprint density at radius 3 is 1.86 bits per heavy atom. The molecule has 1 heterocycles. The van der Waals surface area contributed by atoms with Crippen molar-refractivity contribution in [3.8, 4) is 0 Å². The van der Waals surface area contributed by atoms with Gasteiger partial charge in [-0.1, -0.05) is 65.7 Å². The highest BCUT2D eigenvalue weighted by atomic mass is 15.2. The molecule has 0 aromatic heterocycles. The summed E-state index contributed by atoms with van der Waals surface area (Å²) in [5, 5.41) is 0. The van der Waals surface area contributed by atoms with Crippen LogP contribution in [0.2, 0.25) is 0 Å². The Balaban J connectivity index is 0.00000191. The van der Waals surface area contributed by atoms with Gasteiger partial charge in [-0.3, -0.25) is 4.90 Å². The predicted octanol–water partition coefficient (Wildman–Crippen LogP) is 3.90. The first kappa shape index (κ1) is 20.9. The van der Waals surface area contributed by atoms with Crippen LogP contribution in [0.15, 0.2) is 0 Å². The molecule has 21 heavy (non-hydrogen) atoms. The quantitative estimate of drug-likeness (QED) is 0.772. The lowest BCUT2D eigenvalue weighted by Gasteiger charge is -2.35. The van der Waals surface area contributed by atoms with Crippen molar-refractivity contribution in [1.29, 1.82) is 0 Å². The minimum Gasteiger partial charge on any atom is -0.326 e. The molecule has 0 saturated carbocycles. The van der Waals surface area contributed by atoms with Gasteiger partial charge in [-0.05, 0) is 32.9 Å². The summed E-state index contributed by atoms with van der Waals surface area (Å²) < 4.78 is 0. The summed E-state index contributed by atoms with van der Waals surface area (Å²) in [4.78, 5) is 2.51. The van der Waals surface area contributed by atoms with Gasteiger partial charge in [0.25, 0.3) is 0 Å². The molecule has 1 saturated heterocycles. The summed E-state index contributed by atoms with van der Waals surface area (Å²) in [5.41, 5.74) is 12.7. The molecule has 1 aliphatic heterocycles. The molecule has 3 unspecified atom stereocenters. The van der Waals surface area contributed by atoms with E-state index in [2.05, 4.69) is 18.7 Å². The summed E-state index contributed by atoms with van der Waals surface area (Å²) in [5.74, 6) is 0. The van der Waals surface area contributed by atoms with Crippen LogP contribution in [0.5, 0.6) is 0 Å². The zero-order chi connectivity index (χ0) is 16.1. The number of hydrogen-bond acceptors (Lipinski definition) is 3. The Hall–Kier alpha value is -0.120. The second kappa shape index (κ2) is 13.5. The summed E-state index contributed by atoms with van der Waals surface area (Å²) in [6, 6.07) is 0.679. The van der Waals surface area contributed by atoms with E-state index in [1.54, 1.807) is 0 Å². The Morgan fingerprint density at radius 2 is 1.33 bits per heavy atom. The third kappa shape index (κ3) is 8.80. The van der Waals surface area contributed by atoms with Gasteiger partial charge in [0.2, 0.25) is 0 Å². The van der Waals surface area contributed by atoms with Gasteiger partial charge in [-0.15, -0.1) is 0 Å². The van der Waals surface area contributed by atoms with Gasteiger partial charge in [-0.2, -0.15) is 0 Å². The summed E-state index contributed by atoms with van der Waals surface area (Å²) in [7, 11) is 0. The first-order chi connectivity index (χ1) is 10.2. The largest absolute Gasteiger partial charge is 0.326 e. The third-order valence-corrected chi connectivity index (χ3v) is 4.77. The van der Waals surface area contributed by atoms with Gasteiger partial charge >= 0.3 is 0 Å². The lowest BCUT2D eigenvalue weighted by atomic mass is 9.95. The SMILES string of the molecule is CC.CCN1CCCCCCCCCCC(N)C(N)C1C. The van der Waals surface area contributed by atoms with Crippen molar-refractivity contribution in [2.75, 3.05) is 13.1 Å². The van der Waals surface area contributed by atoms with Crippen LogP contribution in [0.4, 0.5) is 0 Å². The second-order valence-electron chi connectivity index (χ2n) is 6.23. The Labute approximate surface area is 133 Å². The standard InChI is InChI=1S/C16H35N3.C2H6/c1-3-19-13-11-9-7-5-4-6-8-10-12-15(17)16(18)14(19)2;1-2/h14-16H,3-13,17-18H2,1-2H3;1-2H3. The molecule has 3 heteroatoms. The molecule has 0 bridgehead atoms. The van der Waals surface area contributed by atoms with E-state index in [1.807, 2.05) is 13.8 Å². The Morgan fingerprint density at radius 1 is 0.857 bits per heavy atom. The van der Waals surface area contributed by atoms with Crippen molar-refractivity contribution < 1.29 is 0 Å². The molecular formula is C18H41N3. The minimum atomic E-state index is 0.114. The second-order valence-corrected chi connectivity index (χ2v) is 6.23. The van der Waals surface area contributed by atoms with Crippen molar-refractivity contribution in [3.05, 3.63) is 0 Å². The van der Waals surface area contributed by atoms with E-state index < -0.39 is 0 Å². The van der Waals surface area contributed by atoms with E-state index in [0.29, 0.717) is 6.04 Å². The highest BCUT2D eigenvalue weighted by Crippen LogP contribution is 2.15. The van der Waals surface area contributed by atoms with Gasteiger partial charge in [0.1, 0.15) is 0 Å². The molecule has 3 atom stereocenters. The number of nitrogens with two attached hydrogens (primary N) is 2. The maximum absolute atomic E-state index is 6.37. The van der Waals surface area contributed by atoms with Crippen molar-refractivity contribution in [1.82, 2.24) is 4.90 Å². The number of hydrogen-bond donors (Lipinski definition) is 2. The fourth-order valence-corrected chi connectivity index (χ4v) is 3.20.